The van der Waals surface area contributed by atoms with E-state index in [4.69, 9.17) is 0 Å². The number of nitrogens with zero attached hydrogens (tertiary/aromatic N) is 3. The van der Waals surface area contributed by atoms with Gasteiger partial charge in [0.25, 0.3) is 5.91 Å². The molecule has 1 N–H and O–H groups in total. The van der Waals surface area contributed by atoms with Gasteiger partial charge in [0, 0.05) is 44.4 Å². The third-order valence-electron chi connectivity index (χ3n) is 6.93. The normalized spacial score (nSPS) is 14.0. The van der Waals surface area contributed by atoms with Crippen molar-refractivity contribution in [3.63, 3.8) is 0 Å². The minimum Gasteiger partial charge on any atom is -0.465 e. The van der Waals surface area contributed by atoms with Gasteiger partial charge in [-0.2, -0.15) is 0 Å². The van der Waals surface area contributed by atoms with Crippen LogP contribution in [0.25, 0.3) is 5.57 Å². The van der Waals surface area contributed by atoms with Crippen LogP contribution >= 0.6 is 0 Å². The molecule has 3 rings (SSSR count). The zero-order valence-electron chi connectivity index (χ0n) is 21.6. The van der Waals surface area contributed by atoms with Crippen molar-refractivity contribution in [2.75, 3.05) is 44.7 Å². The van der Waals surface area contributed by atoms with E-state index in [0.717, 1.165) is 49.2 Å². The molecule has 0 bridgehead atoms. The number of para-hydroxylation sites is 1. The standard InChI is InChI=1S/C29H39N3O3/c1-5-8-19-31-20-17-23(18-21-31)27(25-11-9-10-12-26(25)30(4)29(34)35)22-13-15-24(16-14-22)28(33)32(6-2)7-3/h9-16H,5-8,17-21H2,1-4H3,(H,34,35). The first-order valence-electron chi connectivity index (χ1n) is 12.8. The van der Waals surface area contributed by atoms with Crippen molar-refractivity contribution in [3.8, 4) is 0 Å². The van der Waals surface area contributed by atoms with Crippen LogP contribution in [-0.2, 0) is 0 Å². The summed E-state index contributed by atoms with van der Waals surface area (Å²) in [7, 11) is 1.59. The number of likely N-dealkylation sites (tertiary alicyclic amines) is 1. The first-order chi connectivity index (χ1) is 16.9. The van der Waals surface area contributed by atoms with E-state index in [1.54, 1.807) is 7.05 Å². The zero-order valence-corrected chi connectivity index (χ0v) is 21.6. The molecule has 0 spiro atoms. The number of hydrogen-bond donors (Lipinski definition) is 1. The van der Waals surface area contributed by atoms with Gasteiger partial charge in [-0.1, -0.05) is 49.2 Å². The maximum absolute atomic E-state index is 12.8. The Balaban J connectivity index is 2.05. The SMILES string of the molecule is CCCCN1CCC(=C(c2ccc(C(=O)N(CC)CC)cc2)c2ccccc2N(C)C(=O)O)CC1. The second kappa shape index (κ2) is 12.5. The Bertz CT molecular complexity index is 1030. The summed E-state index contributed by atoms with van der Waals surface area (Å²) in [6.45, 7) is 10.7. The first-order valence-corrected chi connectivity index (χ1v) is 12.8. The highest BCUT2D eigenvalue weighted by Gasteiger charge is 2.23. The van der Waals surface area contributed by atoms with Crippen molar-refractivity contribution in [2.24, 2.45) is 0 Å². The van der Waals surface area contributed by atoms with Crippen molar-refractivity contribution in [1.82, 2.24) is 9.80 Å². The van der Waals surface area contributed by atoms with Crippen molar-refractivity contribution in [1.29, 1.82) is 0 Å². The van der Waals surface area contributed by atoms with Gasteiger partial charge >= 0.3 is 6.09 Å². The third-order valence-corrected chi connectivity index (χ3v) is 6.93. The van der Waals surface area contributed by atoms with Crippen LogP contribution in [0.3, 0.4) is 0 Å². The third kappa shape index (κ3) is 6.31. The molecule has 1 aliphatic heterocycles. The predicted molar refractivity (Wildman–Crippen MR) is 143 cm³/mol. The van der Waals surface area contributed by atoms with E-state index in [1.165, 1.54) is 23.3 Å². The summed E-state index contributed by atoms with van der Waals surface area (Å²) in [5.74, 6) is 0.0333. The molecular formula is C29H39N3O3. The number of anilines is 1. The highest BCUT2D eigenvalue weighted by molar-refractivity contribution is 5.97. The summed E-state index contributed by atoms with van der Waals surface area (Å²) < 4.78 is 0. The lowest BCUT2D eigenvalue weighted by Crippen LogP contribution is -2.32. The molecule has 6 nitrogen and oxygen atoms in total. The minimum atomic E-state index is -0.989. The highest BCUT2D eigenvalue weighted by Crippen LogP contribution is 2.37. The van der Waals surface area contributed by atoms with Crippen LogP contribution in [0.1, 0.15) is 67.9 Å². The fourth-order valence-corrected chi connectivity index (χ4v) is 4.78. The van der Waals surface area contributed by atoms with Crippen LogP contribution in [-0.4, -0.2) is 66.7 Å². The minimum absolute atomic E-state index is 0.0333. The van der Waals surface area contributed by atoms with E-state index >= 15 is 0 Å². The number of rotatable bonds is 9. The molecule has 0 aliphatic carbocycles. The molecule has 188 valence electrons. The number of carbonyl (C=O) groups is 2. The van der Waals surface area contributed by atoms with Gasteiger partial charge < -0.3 is 14.9 Å². The lowest BCUT2D eigenvalue weighted by atomic mass is 9.87. The predicted octanol–water partition coefficient (Wildman–Crippen LogP) is 5.98. The van der Waals surface area contributed by atoms with Gasteiger partial charge in [0.15, 0.2) is 0 Å². The van der Waals surface area contributed by atoms with E-state index in [1.807, 2.05) is 67.3 Å². The second-order valence-electron chi connectivity index (χ2n) is 9.09. The molecule has 0 aromatic heterocycles. The highest BCUT2D eigenvalue weighted by atomic mass is 16.4. The van der Waals surface area contributed by atoms with E-state index < -0.39 is 6.09 Å². The lowest BCUT2D eigenvalue weighted by Gasteiger charge is -2.31. The smallest absolute Gasteiger partial charge is 0.411 e. The van der Waals surface area contributed by atoms with Crippen molar-refractivity contribution >= 4 is 23.3 Å². The number of amides is 2. The van der Waals surface area contributed by atoms with Crippen LogP contribution < -0.4 is 4.90 Å². The molecule has 0 unspecified atom stereocenters. The van der Waals surface area contributed by atoms with Crippen LogP contribution in [0.4, 0.5) is 10.5 Å². The van der Waals surface area contributed by atoms with Crippen LogP contribution in [0.15, 0.2) is 54.1 Å². The summed E-state index contributed by atoms with van der Waals surface area (Å²) in [5.41, 5.74) is 5.70. The van der Waals surface area contributed by atoms with Crippen molar-refractivity contribution < 1.29 is 14.7 Å². The molecular weight excluding hydrogens is 438 g/mol. The van der Waals surface area contributed by atoms with E-state index in [2.05, 4.69) is 11.8 Å². The van der Waals surface area contributed by atoms with Gasteiger partial charge in [0.05, 0.1) is 5.69 Å². The van der Waals surface area contributed by atoms with Gasteiger partial charge in [-0.15, -0.1) is 0 Å². The number of hydrogen-bond acceptors (Lipinski definition) is 3. The monoisotopic (exact) mass is 477 g/mol. The summed E-state index contributed by atoms with van der Waals surface area (Å²) in [4.78, 5) is 30.3. The Hall–Kier alpha value is -3.12. The first kappa shape index (κ1) is 26.5. The molecule has 1 heterocycles. The molecule has 35 heavy (non-hydrogen) atoms. The Morgan fingerprint density at radius 1 is 0.914 bits per heavy atom. The average Bonchev–Trinajstić information content (AvgIpc) is 2.89. The second-order valence-corrected chi connectivity index (χ2v) is 9.09. The Labute approximate surface area is 209 Å². The Morgan fingerprint density at radius 2 is 1.51 bits per heavy atom. The maximum Gasteiger partial charge on any atom is 0.411 e. The summed E-state index contributed by atoms with van der Waals surface area (Å²) in [6, 6.07) is 15.5. The molecule has 0 radical (unpaired) electrons. The number of carbonyl (C=O) groups excluding carboxylic acids is 1. The summed E-state index contributed by atoms with van der Waals surface area (Å²) >= 11 is 0. The van der Waals surface area contributed by atoms with E-state index in [0.29, 0.717) is 24.3 Å². The Kier molecular flexibility index (Phi) is 9.49. The molecule has 6 heteroatoms. The average molecular weight is 478 g/mol. The number of unbranched alkanes of at least 4 members (excludes halogenated alkanes) is 1. The summed E-state index contributed by atoms with van der Waals surface area (Å²) in [6.07, 6.45) is 3.31. The fraction of sp³-hybridized carbons (Fsp3) is 0.448. The lowest BCUT2D eigenvalue weighted by molar-refractivity contribution is 0.0773. The Morgan fingerprint density at radius 3 is 2.09 bits per heavy atom. The molecule has 2 amide bonds. The largest absolute Gasteiger partial charge is 0.465 e. The molecule has 0 saturated carbocycles. The van der Waals surface area contributed by atoms with Crippen LogP contribution in [0.2, 0.25) is 0 Å². The number of piperidine rings is 1. The zero-order chi connectivity index (χ0) is 25.4. The molecule has 1 fully saturated rings. The van der Waals surface area contributed by atoms with E-state index in [9.17, 15) is 14.7 Å². The van der Waals surface area contributed by atoms with Crippen molar-refractivity contribution in [3.05, 3.63) is 70.8 Å². The molecule has 0 atom stereocenters. The molecule has 1 saturated heterocycles. The number of benzene rings is 2. The maximum atomic E-state index is 12.8. The van der Waals surface area contributed by atoms with E-state index in [-0.39, 0.29) is 5.91 Å². The van der Waals surface area contributed by atoms with Crippen LogP contribution in [0, 0.1) is 0 Å². The molecule has 2 aromatic rings. The van der Waals surface area contributed by atoms with Gasteiger partial charge in [-0.3, -0.25) is 9.69 Å². The van der Waals surface area contributed by atoms with Crippen molar-refractivity contribution in [2.45, 2.75) is 46.5 Å². The summed E-state index contributed by atoms with van der Waals surface area (Å²) in [5, 5.41) is 9.70. The van der Waals surface area contributed by atoms with Gasteiger partial charge in [0.2, 0.25) is 0 Å². The van der Waals surface area contributed by atoms with Gasteiger partial charge in [-0.25, -0.2) is 4.79 Å². The molecule has 2 aromatic carbocycles. The van der Waals surface area contributed by atoms with Gasteiger partial charge in [0.1, 0.15) is 0 Å². The topological polar surface area (TPSA) is 64.1 Å². The molecule has 1 aliphatic rings. The fourth-order valence-electron chi connectivity index (χ4n) is 4.78. The van der Waals surface area contributed by atoms with Crippen LogP contribution in [0.5, 0.6) is 0 Å². The number of carboxylic acid groups (broad SMARTS) is 1. The quantitative estimate of drug-likeness (QED) is 0.482. The van der Waals surface area contributed by atoms with Gasteiger partial charge in [-0.05, 0) is 69.0 Å².